The monoisotopic (exact) mass is 118 g/mol. The van der Waals surface area contributed by atoms with E-state index in [4.69, 9.17) is 10.8 Å². The molecule has 0 aromatic carbocycles. The first kappa shape index (κ1) is 7.88. The van der Waals surface area contributed by atoms with Gasteiger partial charge in [-0.15, -0.1) is 0 Å². The molecule has 0 radical (unpaired) electrons. The van der Waals surface area contributed by atoms with Gasteiger partial charge in [-0.1, -0.05) is 0 Å². The second-order valence-corrected chi connectivity index (χ2v) is 2.15. The van der Waals surface area contributed by atoms with E-state index in [1.165, 1.54) is 0 Å². The fourth-order valence-corrected chi connectivity index (χ4v) is 0.496. The summed E-state index contributed by atoms with van der Waals surface area (Å²) in [6.07, 6.45) is -0.370. The zero-order chi connectivity index (χ0) is 6.57. The number of nitrogens with zero attached hydrogens (tertiary/aromatic N) is 1. The van der Waals surface area contributed by atoms with Crippen LogP contribution >= 0.6 is 0 Å². The van der Waals surface area contributed by atoms with Crippen molar-refractivity contribution in [2.24, 2.45) is 5.73 Å². The van der Waals surface area contributed by atoms with E-state index in [2.05, 4.69) is 0 Å². The van der Waals surface area contributed by atoms with E-state index in [9.17, 15) is 0 Å². The molecular weight excluding hydrogens is 104 g/mol. The number of nitrogens with two attached hydrogens (primary N) is 1. The number of aliphatic hydroxyl groups is 1. The summed E-state index contributed by atoms with van der Waals surface area (Å²) in [7, 11) is 3.80. The Morgan fingerprint density at radius 3 is 2.25 bits per heavy atom. The Balaban J connectivity index is 3.10. The van der Waals surface area contributed by atoms with Crippen molar-refractivity contribution in [1.29, 1.82) is 0 Å². The minimum absolute atomic E-state index is 0.345. The molecule has 0 spiro atoms. The molecule has 0 amide bonds. The Bertz CT molecular complexity index is 56.4. The van der Waals surface area contributed by atoms with E-state index >= 15 is 0 Å². The van der Waals surface area contributed by atoms with Crippen LogP contribution in [-0.4, -0.2) is 43.3 Å². The third-order valence-electron chi connectivity index (χ3n) is 0.848. The first-order valence-electron chi connectivity index (χ1n) is 2.69. The van der Waals surface area contributed by atoms with Gasteiger partial charge in [0, 0.05) is 13.1 Å². The molecule has 0 saturated heterocycles. The maximum absolute atomic E-state index is 8.86. The van der Waals surface area contributed by atoms with Crippen molar-refractivity contribution in [2.45, 2.75) is 6.10 Å². The van der Waals surface area contributed by atoms with Gasteiger partial charge in [0.1, 0.15) is 0 Å². The molecule has 0 bridgehead atoms. The highest BCUT2D eigenvalue weighted by Crippen LogP contribution is 1.80. The summed E-state index contributed by atoms with van der Waals surface area (Å²) in [6.45, 7) is 0.995. The summed E-state index contributed by atoms with van der Waals surface area (Å²) in [5.41, 5.74) is 5.14. The standard InChI is InChI=1S/C5H14N2O/c1-7(2)4-5(8)3-6/h5,8H,3-4,6H2,1-2H3/t5-/m0/s1. The van der Waals surface area contributed by atoms with E-state index in [1.807, 2.05) is 19.0 Å². The molecule has 3 nitrogen and oxygen atoms in total. The number of hydrogen-bond donors (Lipinski definition) is 2. The van der Waals surface area contributed by atoms with E-state index in [0.29, 0.717) is 13.1 Å². The second-order valence-electron chi connectivity index (χ2n) is 2.15. The van der Waals surface area contributed by atoms with Crippen LogP contribution in [0, 0.1) is 0 Å². The van der Waals surface area contributed by atoms with Crippen molar-refractivity contribution in [3.63, 3.8) is 0 Å². The summed E-state index contributed by atoms with van der Waals surface area (Å²) in [4.78, 5) is 1.90. The second kappa shape index (κ2) is 3.83. The Hall–Kier alpha value is -0.120. The fourth-order valence-electron chi connectivity index (χ4n) is 0.496. The van der Waals surface area contributed by atoms with Crippen molar-refractivity contribution in [3.05, 3.63) is 0 Å². The topological polar surface area (TPSA) is 49.5 Å². The average molecular weight is 118 g/mol. The lowest BCUT2D eigenvalue weighted by Gasteiger charge is -2.12. The van der Waals surface area contributed by atoms with Crippen LogP contribution in [0.4, 0.5) is 0 Å². The highest BCUT2D eigenvalue weighted by Gasteiger charge is 1.99. The fraction of sp³-hybridized carbons (Fsp3) is 1.00. The predicted octanol–water partition coefficient (Wildman–Crippen LogP) is -1.13. The third-order valence-corrected chi connectivity index (χ3v) is 0.848. The van der Waals surface area contributed by atoms with Crippen molar-refractivity contribution in [3.8, 4) is 0 Å². The summed E-state index contributed by atoms with van der Waals surface area (Å²) >= 11 is 0. The van der Waals surface area contributed by atoms with Crippen molar-refractivity contribution >= 4 is 0 Å². The van der Waals surface area contributed by atoms with Crippen LogP contribution in [0.1, 0.15) is 0 Å². The Kier molecular flexibility index (Phi) is 3.77. The van der Waals surface area contributed by atoms with E-state index in [-0.39, 0.29) is 6.10 Å². The van der Waals surface area contributed by atoms with Crippen LogP contribution in [0.15, 0.2) is 0 Å². The molecule has 0 aromatic heterocycles. The number of rotatable bonds is 3. The first-order valence-corrected chi connectivity index (χ1v) is 2.69. The Morgan fingerprint density at radius 1 is 1.62 bits per heavy atom. The molecule has 0 aliphatic heterocycles. The molecule has 0 aromatic rings. The third kappa shape index (κ3) is 4.05. The number of aliphatic hydroxyl groups excluding tert-OH is 1. The van der Waals surface area contributed by atoms with Crippen molar-refractivity contribution in [1.82, 2.24) is 4.90 Å². The highest BCUT2D eigenvalue weighted by molar-refractivity contribution is 4.57. The van der Waals surface area contributed by atoms with Gasteiger partial charge in [0.2, 0.25) is 0 Å². The van der Waals surface area contributed by atoms with Gasteiger partial charge in [0.05, 0.1) is 6.10 Å². The Labute approximate surface area is 50.1 Å². The molecule has 0 aliphatic carbocycles. The van der Waals surface area contributed by atoms with Gasteiger partial charge in [-0.25, -0.2) is 0 Å². The zero-order valence-corrected chi connectivity index (χ0v) is 5.46. The summed E-state index contributed by atoms with van der Waals surface area (Å²) in [5, 5.41) is 8.86. The summed E-state index contributed by atoms with van der Waals surface area (Å²) < 4.78 is 0. The lowest BCUT2D eigenvalue weighted by Crippen LogP contribution is -2.31. The normalized spacial score (nSPS) is 14.6. The molecule has 0 fully saturated rings. The van der Waals surface area contributed by atoms with Crippen LogP contribution in [0.2, 0.25) is 0 Å². The highest BCUT2D eigenvalue weighted by atomic mass is 16.3. The molecule has 0 aliphatic rings. The van der Waals surface area contributed by atoms with Gasteiger partial charge < -0.3 is 15.7 Å². The van der Waals surface area contributed by atoms with Crippen LogP contribution in [0.25, 0.3) is 0 Å². The van der Waals surface area contributed by atoms with Gasteiger partial charge in [0.15, 0.2) is 0 Å². The minimum Gasteiger partial charge on any atom is -0.390 e. The average Bonchev–Trinajstić information content (AvgIpc) is 1.65. The maximum Gasteiger partial charge on any atom is 0.0788 e. The van der Waals surface area contributed by atoms with Crippen molar-refractivity contribution in [2.75, 3.05) is 27.2 Å². The van der Waals surface area contributed by atoms with Gasteiger partial charge in [-0.05, 0) is 14.1 Å². The van der Waals surface area contributed by atoms with Crippen molar-refractivity contribution < 1.29 is 5.11 Å². The van der Waals surface area contributed by atoms with Crippen LogP contribution in [-0.2, 0) is 0 Å². The van der Waals surface area contributed by atoms with Gasteiger partial charge >= 0.3 is 0 Å². The Morgan fingerprint density at radius 2 is 2.12 bits per heavy atom. The van der Waals surface area contributed by atoms with E-state index in [0.717, 1.165) is 0 Å². The molecule has 0 unspecified atom stereocenters. The van der Waals surface area contributed by atoms with E-state index in [1.54, 1.807) is 0 Å². The van der Waals surface area contributed by atoms with Crippen LogP contribution in [0.3, 0.4) is 0 Å². The van der Waals surface area contributed by atoms with Crippen LogP contribution < -0.4 is 5.73 Å². The smallest absolute Gasteiger partial charge is 0.0788 e. The molecule has 0 heterocycles. The lowest BCUT2D eigenvalue weighted by molar-refractivity contribution is 0.144. The van der Waals surface area contributed by atoms with E-state index < -0.39 is 0 Å². The van der Waals surface area contributed by atoms with Gasteiger partial charge in [0.25, 0.3) is 0 Å². The molecule has 0 saturated carbocycles. The molecule has 50 valence electrons. The molecule has 1 atom stereocenters. The number of hydrogen-bond acceptors (Lipinski definition) is 3. The molecule has 3 N–H and O–H groups in total. The van der Waals surface area contributed by atoms with Crippen LogP contribution in [0.5, 0.6) is 0 Å². The molecule has 8 heavy (non-hydrogen) atoms. The first-order chi connectivity index (χ1) is 3.66. The number of likely N-dealkylation sites (N-methyl/N-ethyl adjacent to an activating group) is 1. The largest absolute Gasteiger partial charge is 0.390 e. The SMILES string of the molecule is CN(C)C[C@@H](O)CN. The summed E-state index contributed by atoms with van der Waals surface area (Å²) in [5.74, 6) is 0. The summed E-state index contributed by atoms with van der Waals surface area (Å²) in [6, 6.07) is 0. The maximum atomic E-state index is 8.86. The molecule has 3 heteroatoms. The van der Waals surface area contributed by atoms with Gasteiger partial charge in [-0.2, -0.15) is 0 Å². The zero-order valence-electron chi connectivity index (χ0n) is 5.46. The van der Waals surface area contributed by atoms with Gasteiger partial charge in [-0.3, -0.25) is 0 Å². The quantitative estimate of drug-likeness (QED) is 0.493. The minimum atomic E-state index is -0.370. The lowest BCUT2D eigenvalue weighted by atomic mass is 10.3. The predicted molar refractivity (Wildman–Crippen MR) is 33.6 cm³/mol. The molecule has 0 rings (SSSR count). The molecular formula is C5H14N2O.